The number of pyridine rings is 1. The highest BCUT2D eigenvalue weighted by molar-refractivity contribution is 5.86. The minimum atomic E-state index is -0.887. The molecule has 0 fully saturated rings. The number of hydrogen-bond donors (Lipinski definition) is 2. The molecule has 0 spiro atoms. The van der Waals surface area contributed by atoms with Crippen molar-refractivity contribution in [3.8, 4) is 11.5 Å². The number of non-ortho nitro benzene ring substituents is 1. The van der Waals surface area contributed by atoms with E-state index in [9.17, 15) is 25.0 Å². The van der Waals surface area contributed by atoms with Gasteiger partial charge in [0.15, 0.2) is 11.9 Å². The first-order chi connectivity index (χ1) is 14.4. The highest BCUT2D eigenvalue weighted by atomic mass is 16.6. The van der Waals surface area contributed by atoms with Gasteiger partial charge in [-0.1, -0.05) is 13.8 Å². The molecule has 0 aliphatic heterocycles. The van der Waals surface area contributed by atoms with Crippen molar-refractivity contribution in [2.24, 2.45) is 0 Å². The molecule has 1 heterocycles. The molecule has 1 aromatic heterocycles. The van der Waals surface area contributed by atoms with Crippen molar-refractivity contribution in [2.75, 3.05) is 12.4 Å². The van der Waals surface area contributed by atoms with E-state index < -0.39 is 38.7 Å². The molecular weight excluding hydrogens is 412 g/mol. The summed E-state index contributed by atoms with van der Waals surface area (Å²) in [7, 11) is 1.53. The van der Waals surface area contributed by atoms with Crippen LogP contribution in [0.2, 0.25) is 0 Å². The second-order valence-corrected chi connectivity index (χ2v) is 6.44. The van der Waals surface area contributed by atoms with Gasteiger partial charge in [-0.3, -0.25) is 25.5 Å². The lowest BCUT2D eigenvalue weighted by atomic mass is 10.2. The number of aromatic nitrogens is 1. The first-order valence-corrected chi connectivity index (χ1v) is 9.10. The Kier molecular flexibility index (Phi) is 11.0. The van der Waals surface area contributed by atoms with Crippen molar-refractivity contribution >= 4 is 23.2 Å². The van der Waals surface area contributed by atoms with Gasteiger partial charge in [-0.15, -0.1) is 0 Å². The van der Waals surface area contributed by atoms with E-state index >= 15 is 0 Å². The number of carbonyl (C=O) groups excluding carboxylic acids is 1. The van der Waals surface area contributed by atoms with Crippen LogP contribution in [0.25, 0.3) is 0 Å². The number of nitro groups is 2. The Morgan fingerprint density at radius 1 is 1.13 bits per heavy atom. The van der Waals surface area contributed by atoms with E-state index in [0.29, 0.717) is 17.5 Å². The van der Waals surface area contributed by atoms with Crippen molar-refractivity contribution in [2.45, 2.75) is 40.2 Å². The third-order valence-corrected chi connectivity index (χ3v) is 3.05. The number of nitro benzene ring substituents is 2. The average Bonchev–Trinajstić information content (AvgIpc) is 2.69. The number of carbonyl (C=O) groups is 1. The Morgan fingerprint density at radius 2 is 1.74 bits per heavy atom. The number of aromatic amines is 1. The van der Waals surface area contributed by atoms with Crippen LogP contribution in [0.3, 0.4) is 0 Å². The Hall–Kier alpha value is -3.96. The predicted molar refractivity (Wildman–Crippen MR) is 112 cm³/mol. The lowest BCUT2D eigenvalue weighted by Crippen LogP contribution is -2.27. The van der Waals surface area contributed by atoms with Crippen LogP contribution in [-0.4, -0.2) is 33.8 Å². The van der Waals surface area contributed by atoms with E-state index in [1.54, 1.807) is 18.5 Å². The molecule has 0 aliphatic rings. The van der Waals surface area contributed by atoms with Crippen molar-refractivity contribution in [3.05, 3.63) is 56.9 Å². The van der Waals surface area contributed by atoms with Crippen LogP contribution in [-0.2, 0) is 4.74 Å². The number of nitrogens with zero attached hydrogens (tertiary/aromatic N) is 2. The van der Waals surface area contributed by atoms with Crippen molar-refractivity contribution in [1.82, 2.24) is 0 Å². The van der Waals surface area contributed by atoms with Gasteiger partial charge in [0.05, 0.1) is 28.7 Å². The van der Waals surface area contributed by atoms with E-state index in [1.165, 1.54) is 7.11 Å². The highest BCUT2D eigenvalue weighted by Gasteiger charge is 2.19. The van der Waals surface area contributed by atoms with Crippen molar-refractivity contribution in [3.63, 3.8) is 0 Å². The molecule has 0 aliphatic carbocycles. The summed E-state index contributed by atoms with van der Waals surface area (Å²) in [5.74, 6) is -0.0380. The Balaban J connectivity index is 0.000000547. The largest absolute Gasteiger partial charge is 0.502 e. The smallest absolute Gasteiger partial charge is 0.412 e. The number of methoxy groups -OCH3 is 1. The monoisotopic (exact) mass is 439 g/mol. The van der Waals surface area contributed by atoms with Crippen LogP contribution in [0, 0.1) is 20.2 Å². The second kappa shape index (κ2) is 12.6. The lowest BCUT2D eigenvalue weighted by molar-refractivity contribution is -0.394. The maximum atomic E-state index is 11.5. The molecule has 31 heavy (non-hydrogen) atoms. The first kappa shape index (κ1) is 27.0. The van der Waals surface area contributed by atoms with Gasteiger partial charge >= 0.3 is 11.8 Å². The first-order valence-electron chi connectivity index (χ1n) is 9.10. The standard InChI is InChI=1S/C11H16N2O3.C6H4N2O5.C2H6/c1-11(2,3)16-10(14)13-8-5-6-12-7-9(8)15-4;9-6-2-1-4(7(10)11)3-5(6)8(12)13;1-2/h5-7H,1-4H3,(H,12,13,14);1-3,9H;1-2H3/p+1. The van der Waals surface area contributed by atoms with E-state index in [-0.39, 0.29) is 0 Å². The molecule has 0 radical (unpaired) electrons. The molecule has 0 saturated heterocycles. The fourth-order valence-electron chi connectivity index (χ4n) is 1.87. The Bertz CT molecular complexity index is 897. The summed E-state index contributed by atoms with van der Waals surface area (Å²) in [4.78, 5) is 33.1. The second-order valence-electron chi connectivity index (χ2n) is 6.44. The Labute approximate surface area is 179 Å². The molecule has 12 nitrogen and oxygen atoms in total. The van der Waals surface area contributed by atoms with Crippen LogP contribution in [0.15, 0.2) is 36.7 Å². The molecule has 12 heteroatoms. The van der Waals surface area contributed by atoms with Crippen LogP contribution in [0.5, 0.6) is 11.5 Å². The maximum Gasteiger partial charge on any atom is 0.412 e. The summed E-state index contributed by atoms with van der Waals surface area (Å²) in [6.07, 6.45) is 2.83. The van der Waals surface area contributed by atoms with Gasteiger partial charge in [-0.2, -0.15) is 0 Å². The fraction of sp³-hybridized carbons (Fsp3) is 0.368. The number of nitrogens with one attached hydrogen (secondary N) is 2. The summed E-state index contributed by atoms with van der Waals surface area (Å²) in [5, 5.41) is 31.9. The van der Waals surface area contributed by atoms with Gasteiger partial charge in [0, 0.05) is 12.1 Å². The van der Waals surface area contributed by atoms with Gasteiger partial charge in [0.2, 0.25) is 11.9 Å². The van der Waals surface area contributed by atoms with E-state index in [0.717, 1.165) is 12.1 Å². The third kappa shape index (κ3) is 9.87. The number of anilines is 1. The maximum absolute atomic E-state index is 11.5. The normalized spacial score (nSPS) is 9.74. The molecule has 2 rings (SSSR count). The number of phenolic OH excluding ortho intramolecular Hbond substituents is 1. The number of ether oxygens (including phenoxy) is 2. The summed E-state index contributed by atoms with van der Waals surface area (Å²) < 4.78 is 10.2. The zero-order chi connectivity index (χ0) is 24.2. The summed E-state index contributed by atoms with van der Waals surface area (Å²) >= 11 is 0. The van der Waals surface area contributed by atoms with Gasteiger partial charge in [0.25, 0.3) is 5.69 Å². The number of phenols is 1. The van der Waals surface area contributed by atoms with Crippen molar-refractivity contribution < 1.29 is 34.2 Å². The minimum Gasteiger partial charge on any atom is -0.502 e. The van der Waals surface area contributed by atoms with E-state index in [1.807, 2.05) is 34.6 Å². The van der Waals surface area contributed by atoms with Gasteiger partial charge < -0.3 is 14.6 Å². The predicted octanol–water partition coefficient (Wildman–Crippen LogP) is 4.09. The van der Waals surface area contributed by atoms with Crippen LogP contribution >= 0.6 is 0 Å². The summed E-state index contributed by atoms with van der Waals surface area (Å²) in [6, 6.07) is 4.30. The molecule has 0 unspecified atom stereocenters. The van der Waals surface area contributed by atoms with Gasteiger partial charge in [-0.25, -0.2) is 9.78 Å². The summed E-state index contributed by atoms with van der Waals surface area (Å²) in [6.45, 7) is 9.42. The quantitative estimate of drug-likeness (QED) is 0.530. The third-order valence-electron chi connectivity index (χ3n) is 3.05. The molecule has 3 N–H and O–H groups in total. The van der Waals surface area contributed by atoms with E-state index in [4.69, 9.17) is 14.6 Å². The number of benzene rings is 1. The van der Waals surface area contributed by atoms with Crippen LogP contribution in [0.1, 0.15) is 34.6 Å². The van der Waals surface area contributed by atoms with E-state index in [2.05, 4.69) is 10.3 Å². The molecule has 1 aromatic carbocycles. The SMILES string of the molecule is CC.COc1c[nH+]ccc1NC(=O)OC(C)(C)C.O=[N+]([O-])c1ccc(O)c([N+](=O)[O-])c1. The zero-order valence-electron chi connectivity index (χ0n) is 18.2. The molecular formula is C19H27N4O8+. The molecule has 1 amide bonds. The van der Waals surface area contributed by atoms with Crippen LogP contribution < -0.4 is 15.0 Å². The van der Waals surface area contributed by atoms with Crippen molar-refractivity contribution in [1.29, 1.82) is 0 Å². The topological polar surface area (TPSA) is 168 Å². The van der Waals surface area contributed by atoms with Gasteiger partial charge in [-0.05, 0) is 26.8 Å². The van der Waals surface area contributed by atoms with Gasteiger partial charge in [0.1, 0.15) is 5.60 Å². The summed E-state index contributed by atoms with van der Waals surface area (Å²) in [5.41, 5.74) is -1.05. The molecule has 170 valence electrons. The fourth-order valence-corrected chi connectivity index (χ4v) is 1.87. The number of aromatic hydroxyl groups is 1. The zero-order valence-corrected chi connectivity index (χ0v) is 18.2. The molecule has 2 aromatic rings. The molecule has 0 saturated carbocycles. The number of amides is 1. The average molecular weight is 439 g/mol. The molecule has 0 bridgehead atoms. The Morgan fingerprint density at radius 3 is 2.23 bits per heavy atom. The number of H-pyrrole nitrogens is 1. The number of hydrogen-bond acceptors (Lipinski definition) is 8. The molecule has 0 atom stereocenters. The lowest BCUT2D eigenvalue weighted by Gasteiger charge is -2.19. The number of rotatable bonds is 4. The highest BCUT2D eigenvalue weighted by Crippen LogP contribution is 2.29. The minimum absolute atomic E-state index is 0.426. The van der Waals surface area contributed by atoms with Crippen LogP contribution in [0.4, 0.5) is 21.9 Å².